The van der Waals surface area contributed by atoms with E-state index in [2.05, 4.69) is 5.32 Å². The second kappa shape index (κ2) is 6.22. The minimum Gasteiger partial charge on any atom is -0.447 e. The molecule has 1 unspecified atom stereocenters. The molecule has 0 bridgehead atoms. The van der Waals surface area contributed by atoms with Gasteiger partial charge in [0, 0.05) is 18.3 Å². The molecule has 0 saturated heterocycles. The third-order valence-corrected chi connectivity index (χ3v) is 2.16. The maximum absolute atomic E-state index is 11.4. The predicted molar refractivity (Wildman–Crippen MR) is 67.7 cm³/mol. The lowest BCUT2D eigenvalue weighted by atomic mass is 10.1. The minimum absolute atomic E-state index is 0.149. The number of nitrogens with one attached hydrogen (secondary N) is 1. The van der Waals surface area contributed by atoms with Crippen LogP contribution in [0.4, 0.5) is 10.5 Å². The predicted octanol–water partition coefficient (Wildman–Crippen LogP) is 1.60. The zero-order valence-electron chi connectivity index (χ0n) is 10.1. The maximum Gasteiger partial charge on any atom is 0.411 e. The lowest BCUT2D eigenvalue weighted by Gasteiger charge is -2.12. The van der Waals surface area contributed by atoms with Crippen LogP contribution in [0.3, 0.4) is 0 Å². The molecule has 5 heteroatoms. The number of nitrogens with two attached hydrogens (primary N) is 2. The summed E-state index contributed by atoms with van der Waals surface area (Å²) in [5.41, 5.74) is 12.8. The minimum atomic E-state index is -0.474. The van der Waals surface area contributed by atoms with Crippen LogP contribution in [0, 0.1) is 0 Å². The summed E-state index contributed by atoms with van der Waals surface area (Å²) < 4.78 is 4.97. The molecule has 0 radical (unpaired) electrons. The van der Waals surface area contributed by atoms with Crippen LogP contribution in [0.1, 0.15) is 25.5 Å². The molecule has 5 nitrogen and oxygen atoms in total. The summed E-state index contributed by atoms with van der Waals surface area (Å²) in [4.78, 5) is 11.4. The Kier molecular flexibility index (Phi) is 4.93. The average Bonchev–Trinajstić information content (AvgIpc) is 2.27. The SMILES string of the molecule is CC(C)OC(=O)Nc1cccc(C(N)CN)c1. The summed E-state index contributed by atoms with van der Waals surface area (Å²) in [6.07, 6.45) is -0.622. The van der Waals surface area contributed by atoms with E-state index in [0.717, 1.165) is 5.56 Å². The van der Waals surface area contributed by atoms with Gasteiger partial charge in [0.1, 0.15) is 0 Å². The van der Waals surface area contributed by atoms with E-state index >= 15 is 0 Å². The monoisotopic (exact) mass is 237 g/mol. The van der Waals surface area contributed by atoms with E-state index in [0.29, 0.717) is 12.2 Å². The van der Waals surface area contributed by atoms with Crippen LogP contribution in [0.2, 0.25) is 0 Å². The van der Waals surface area contributed by atoms with Gasteiger partial charge < -0.3 is 16.2 Å². The highest BCUT2D eigenvalue weighted by Crippen LogP contribution is 2.15. The van der Waals surface area contributed by atoms with Gasteiger partial charge in [0.15, 0.2) is 0 Å². The number of benzene rings is 1. The van der Waals surface area contributed by atoms with Gasteiger partial charge in [-0.15, -0.1) is 0 Å². The van der Waals surface area contributed by atoms with Gasteiger partial charge >= 0.3 is 6.09 Å². The molecule has 0 aromatic heterocycles. The molecule has 5 N–H and O–H groups in total. The number of carbonyl (C=O) groups excluding carboxylic acids is 1. The van der Waals surface area contributed by atoms with Crippen LogP contribution in [0.15, 0.2) is 24.3 Å². The molecular formula is C12H19N3O2. The van der Waals surface area contributed by atoms with Gasteiger partial charge in [-0.3, -0.25) is 5.32 Å². The van der Waals surface area contributed by atoms with E-state index < -0.39 is 6.09 Å². The van der Waals surface area contributed by atoms with Gasteiger partial charge in [0.25, 0.3) is 0 Å². The molecule has 0 aliphatic heterocycles. The average molecular weight is 237 g/mol. The fraction of sp³-hybridized carbons (Fsp3) is 0.417. The molecule has 1 atom stereocenters. The van der Waals surface area contributed by atoms with Crippen LogP contribution in [0.5, 0.6) is 0 Å². The van der Waals surface area contributed by atoms with Crippen LogP contribution in [-0.4, -0.2) is 18.7 Å². The summed E-state index contributed by atoms with van der Waals surface area (Å²) in [6, 6.07) is 7.03. The first-order valence-electron chi connectivity index (χ1n) is 5.56. The third-order valence-electron chi connectivity index (χ3n) is 2.16. The number of anilines is 1. The lowest BCUT2D eigenvalue weighted by Crippen LogP contribution is -2.21. The van der Waals surface area contributed by atoms with Crippen molar-refractivity contribution < 1.29 is 9.53 Å². The first kappa shape index (κ1) is 13.5. The number of amides is 1. The topological polar surface area (TPSA) is 90.4 Å². The fourth-order valence-electron chi connectivity index (χ4n) is 1.34. The Morgan fingerprint density at radius 3 is 2.76 bits per heavy atom. The molecule has 0 heterocycles. The highest BCUT2D eigenvalue weighted by Gasteiger charge is 2.08. The molecule has 1 amide bonds. The Morgan fingerprint density at radius 1 is 1.47 bits per heavy atom. The van der Waals surface area contributed by atoms with Crippen LogP contribution >= 0.6 is 0 Å². The van der Waals surface area contributed by atoms with Crippen LogP contribution < -0.4 is 16.8 Å². The normalized spacial score (nSPS) is 12.3. The molecule has 17 heavy (non-hydrogen) atoms. The lowest BCUT2D eigenvalue weighted by molar-refractivity contribution is 0.130. The standard InChI is InChI=1S/C12H19N3O2/c1-8(2)17-12(16)15-10-5-3-4-9(6-10)11(14)7-13/h3-6,8,11H,7,13-14H2,1-2H3,(H,15,16). The van der Waals surface area contributed by atoms with Gasteiger partial charge in [-0.2, -0.15) is 0 Å². The van der Waals surface area contributed by atoms with E-state index in [1.54, 1.807) is 26.0 Å². The first-order valence-corrected chi connectivity index (χ1v) is 5.56. The molecule has 1 rings (SSSR count). The largest absolute Gasteiger partial charge is 0.447 e. The molecular weight excluding hydrogens is 218 g/mol. The maximum atomic E-state index is 11.4. The second-order valence-corrected chi connectivity index (χ2v) is 4.05. The third kappa shape index (κ3) is 4.42. The number of ether oxygens (including phenoxy) is 1. The highest BCUT2D eigenvalue weighted by molar-refractivity contribution is 5.84. The zero-order chi connectivity index (χ0) is 12.8. The summed E-state index contributed by atoms with van der Waals surface area (Å²) in [7, 11) is 0. The molecule has 0 aliphatic rings. The summed E-state index contributed by atoms with van der Waals surface area (Å²) in [5.74, 6) is 0. The second-order valence-electron chi connectivity index (χ2n) is 4.05. The van der Waals surface area contributed by atoms with Crippen molar-refractivity contribution in [3.63, 3.8) is 0 Å². The summed E-state index contributed by atoms with van der Waals surface area (Å²) >= 11 is 0. The van der Waals surface area contributed by atoms with Gasteiger partial charge in [0.05, 0.1) is 6.10 Å². The Labute approximate surface area is 101 Å². The van der Waals surface area contributed by atoms with E-state index in [1.807, 2.05) is 12.1 Å². The van der Waals surface area contributed by atoms with Crippen LogP contribution in [0.25, 0.3) is 0 Å². The van der Waals surface area contributed by atoms with Gasteiger partial charge in [-0.1, -0.05) is 12.1 Å². The molecule has 0 saturated carbocycles. The molecule has 94 valence electrons. The van der Waals surface area contributed by atoms with E-state index in [9.17, 15) is 4.79 Å². The van der Waals surface area contributed by atoms with E-state index in [1.165, 1.54) is 0 Å². The molecule has 0 fully saturated rings. The van der Waals surface area contributed by atoms with E-state index in [4.69, 9.17) is 16.2 Å². The Morgan fingerprint density at radius 2 is 2.18 bits per heavy atom. The number of carbonyl (C=O) groups is 1. The van der Waals surface area contributed by atoms with Gasteiger partial charge in [-0.05, 0) is 31.5 Å². The molecule has 1 aromatic carbocycles. The first-order chi connectivity index (χ1) is 8.02. The zero-order valence-corrected chi connectivity index (χ0v) is 10.1. The molecule has 0 aliphatic carbocycles. The van der Waals surface area contributed by atoms with E-state index in [-0.39, 0.29) is 12.1 Å². The number of hydrogen-bond donors (Lipinski definition) is 3. The Hall–Kier alpha value is -1.59. The van der Waals surface area contributed by atoms with Crippen molar-refractivity contribution >= 4 is 11.8 Å². The van der Waals surface area contributed by atoms with Crippen molar-refractivity contribution in [3.8, 4) is 0 Å². The van der Waals surface area contributed by atoms with Crippen molar-refractivity contribution in [1.82, 2.24) is 0 Å². The van der Waals surface area contributed by atoms with Gasteiger partial charge in [0.2, 0.25) is 0 Å². The molecule has 1 aromatic rings. The highest BCUT2D eigenvalue weighted by atomic mass is 16.6. The summed E-state index contributed by atoms with van der Waals surface area (Å²) in [6.45, 7) is 3.95. The molecule has 0 spiro atoms. The summed E-state index contributed by atoms with van der Waals surface area (Å²) in [5, 5.41) is 2.64. The van der Waals surface area contributed by atoms with Crippen molar-refractivity contribution in [2.75, 3.05) is 11.9 Å². The Balaban J connectivity index is 2.69. The van der Waals surface area contributed by atoms with Gasteiger partial charge in [-0.25, -0.2) is 4.79 Å². The number of hydrogen-bond acceptors (Lipinski definition) is 4. The van der Waals surface area contributed by atoms with Crippen molar-refractivity contribution in [1.29, 1.82) is 0 Å². The Bertz CT molecular complexity index is 380. The fourth-order valence-corrected chi connectivity index (χ4v) is 1.34. The smallest absolute Gasteiger partial charge is 0.411 e. The van der Waals surface area contributed by atoms with Crippen molar-refractivity contribution in [2.24, 2.45) is 11.5 Å². The van der Waals surface area contributed by atoms with Crippen molar-refractivity contribution in [2.45, 2.75) is 26.0 Å². The number of rotatable bonds is 4. The van der Waals surface area contributed by atoms with Crippen LogP contribution in [-0.2, 0) is 4.74 Å². The van der Waals surface area contributed by atoms with Crippen molar-refractivity contribution in [3.05, 3.63) is 29.8 Å². The quantitative estimate of drug-likeness (QED) is 0.742.